The highest BCUT2D eigenvalue weighted by atomic mass is 16.4. The predicted molar refractivity (Wildman–Crippen MR) is 68.7 cm³/mol. The molecule has 0 atom stereocenters. The van der Waals surface area contributed by atoms with E-state index in [9.17, 15) is 4.79 Å². The van der Waals surface area contributed by atoms with Crippen molar-refractivity contribution in [3.05, 3.63) is 47.3 Å². The second-order valence-corrected chi connectivity index (χ2v) is 4.23. The topological polar surface area (TPSA) is 67.2 Å². The SMILES string of the molecule is Cc1ccc(C(=O)O)c(NCc2cnn(C)c2)c1. The van der Waals surface area contributed by atoms with Crippen LogP contribution >= 0.6 is 0 Å². The van der Waals surface area contributed by atoms with Gasteiger partial charge in [0.25, 0.3) is 0 Å². The van der Waals surface area contributed by atoms with Gasteiger partial charge in [0.1, 0.15) is 0 Å². The molecule has 2 rings (SSSR count). The quantitative estimate of drug-likeness (QED) is 0.865. The molecule has 2 aromatic rings. The number of carboxylic acid groups (broad SMARTS) is 1. The maximum absolute atomic E-state index is 11.1. The van der Waals surface area contributed by atoms with Crippen LogP contribution in [-0.4, -0.2) is 20.9 Å². The molecule has 0 aliphatic carbocycles. The highest BCUT2D eigenvalue weighted by molar-refractivity contribution is 5.94. The normalized spacial score (nSPS) is 10.3. The van der Waals surface area contributed by atoms with Gasteiger partial charge in [0, 0.05) is 31.0 Å². The van der Waals surface area contributed by atoms with Crippen molar-refractivity contribution >= 4 is 11.7 Å². The minimum atomic E-state index is -0.927. The van der Waals surface area contributed by atoms with E-state index in [0.717, 1.165) is 11.1 Å². The van der Waals surface area contributed by atoms with E-state index in [2.05, 4.69) is 10.4 Å². The van der Waals surface area contributed by atoms with Crippen molar-refractivity contribution in [2.45, 2.75) is 13.5 Å². The average Bonchev–Trinajstić information content (AvgIpc) is 2.72. The number of carboxylic acids is 1. The van der Waals surface area contributed by atoms with E-state index in [-0.39, 0.29) is 5.56 Å². The first-order chi connectivity index (χ1) is 8.56. The van der Waals surface area contributed by atoms with Gasteiger partial charge < -0.3 is 10.4 Å². The predicted octanol–water partition coefficient (Wildman–Crippen LogP) is 2.04. The van der Waals surface area contributed by atoms with Crippen molar-refractivity contribution in [2.75, 3.05) is 5.32 Å². The summed E-state index contributed by atoms with van der Waals surface area (Å²) in [6, 6.07) is 5.24. The van der Waals surface area contributed by atoms with E-state index in [1.54, 1.807) is 23.0 Å². The van der Waals surface area contributed by atoms with Crippen LogP contribution < -0.4 is 5.32 Å². The first kappa shape index (κ1) is 12.2. The minimum absolute atomic E-state index is 0.282. The van der Waals surface area contributed by atoms with E-state index in [4.69, 9.17) is 5.11 Å². The van der Waals surface area contributed by atoms with Crippen molar-refractivity contribution in [3.8, 4) is 0 Å². The van der Waals surface area contributed by atoms with Gasteiger partial charge in [0.2, 0.25) is 0 Å². The molecule has 5 heteroatoms. The van der Waals surface area contributed by atoms with Gasteiger partial charge >= 0.3 is 5.97 Å². The number of nitrogens with one attached hydrogen (secondary N) is 1. The Labute approximate surface area is 105 Å². The van der Waals surface area contributed by atoms with Gasteiger partial charge in [-0.3, -0.25) is 4.68 Å². The Balaban J connectivity index is 2.17. The number of aromatic carboxylic acids is 1. The van der Waals surface area contributed by atoms with Gasteiger partial charge in [-0.25, -0.2) is 4.79 Å². The molecule has 0 amide bonds. The number of nitrogens with zero attached hydrogens (tertiary/aromatic N) is 2. The summed E-state index contributed by atoms with van der Waals surface area (Å²) in [4.78, 5) is 11.1. The maximum Gasteiger partial charge on any atom is 0.337 e. The Morgan fingerprint density at radius 3 is 2.89 bits per heavy atom. The Morgan fingerprint density at radius 1 is 1.50 bits per heavy atom. The van der Waals surface area contributed by atoms with Crippen LogP contribution in [0, 0.1) is 6.92 Å². The third kappa shape index (κ3) is 2.68. The number of hydrogen-bond donors (Lipinski definition) is 2. The van der Waals surface area contributed by atoms with Crippen LogP contribution in [-0.2, 0) is 13.6 Å². The number of benzene rings is 1. The van der Waals surface area contributed by atoms with Crippen LogP contribution in [0.25, 0.3) is 0 Å². The van der Waals surface area contributed by atoms with Gasteiger partial charge in [0.05, 0.1) is 11.8 Å². The third-order valence-corrected chi connectivity index (χ3v) is 2.65. The molecule has 0 radical (unpaired) electrons. The first-order valence-electron chi connectivity index (χ1n) is 5.61. The van der Waals surface area contributed by atoms with Gasteiger partial charge in [-0.1, -0.05) is 6.07 Å². The zero-order chi connectivity index (χ0) is 13.1. The van der Waals surface area contributed by atoms with Crippen LogP contribution in [0.2, 0.25) is 0 Å². The smallest absolute Gasteiger partial charge is 0.337 e. The third-order valence-electron chi connectivity index (χ3n) is 2.65. The molecule has 94 valence electrons. The molecule has 1 aromatic carbocycles. The van der Waals surface area contributed by atoms with Crippen molar-refractivity contribution in [2.24, 2.45) is 7.05 Å². The van der Waals surface area contributed by atoms with E-state index in [0.29, 0.717) is 12.2 Å². The molecule has 0 spiro atoms. The molecule has 18 heavy (non-hydrogen) atoms. The number of hydrogen-bond acceptors (Lipinski definition) is 3. The number of aromatic nitrogens is 2. The molecule has 0 fully saturated rings. The second-order valence-electron chi connectivity index (χ2n) is 4.23. The standard InChI is InChI=1S/C13H15N3O2/c1-9-3-4-11(13(17)18)12(5-9)14-6-10-7-15-16(2)8-10/h3-5,7-8,14H,6H2,1-2H3,(H,17,18). The first-order valence-corrected chi connectivity index (χ1v) is 5.61. The molecule has 1 heterocycles. The lowest BCUT2D eigenvalue weighted by Gasteiger charge is -2.09. The molecule has 0 saturated carbocycles. The van der Waals surface area contributed by atoms with Crippen LogP contribution in [0.3, 0.4) is 0 Å². The Bertz CT molecular complexity index is 575. The Hall–Kier alpha value is -2.30. The molecule has 0 bridgehead atoms. The van der Waals surface area contributed by atoms with E-state index < -0.39 is 5.97 Å². The number of aryl methyl sites for hydroxylation is 2. The van der Waals surface area contributed by atoms with E-state index >= 15 is 0 Å². The van der Waals surface area contributed by atoms with Gasteiger partial charge in [-0.2, -0.15) is 5.10 Å². The summed E-state index contributed by atoms with van der Waals surface area (Å²) in [5.74, 6) is -0.927. The van der Waals surface area contributed by atoms with Crippen molar-refractivity contribution in [1.29, 1.82) is 0 Å². The monoisotopic (exact) mass is 245 g/mol. The van der Waals surface area contributed by atoms with E-state index in [1.807, 2.05) is 26.2 Å². The summed E-state index contributed by atoms with van der Waals surface area (Å²) in [6.07, 6.45) is 3.65. The molecule has 0 aliphatic heterocycles. The van der Waals surface area contributed by atoms with E-state index in [1.165, 1.54) is 0 Å². The largest absolute Gasteiger partial charge is 0.478 e. The van der Waals surface area contributed by atoms with Gasteiger partial charge in [0.15, 0.2) is 0 Å². The molecular weight excluding hydrogens is 230 g/mol. The minimum Gasteiger partial charge on any atom is -0.478 e. The fourth-order valence-electron chi connectivity index (χ4n) is 1.75. The van der Waals surface area contributed by atoms with Crippen molar-refractivity contribution < 1.29 is 9.90 Å². The van der Waals surface area contributed by atoms with Crippen molar-refractivity contribution in [1.82, 2.24) is 9.78 Å². The van der Waals surface area contributed by atoms with Crippen LogP contribution in [0.5, 0.6) is 0 Å². The summed E-state index contributed by atoms with van der Waals surface area (Å²) in [6.45, 7) is 2.48. The molecule has 0 unspecified atom stereocenters. The number of carbonyl (C=O) groups is 1. The van der Waals surface area contributed by atoms with Crippen LogP contribution in [0.4, 0.5) is 5.69 Å². The summed E-state index contributed by atoms with van der Waals surface area (Å²) >= 11 is 0. The highest BCUT2D eigenvalue weighted by Gasteiger charge is 2.09. The van der Waals surface area contributed by atoms with Crippen molar-refractivity contribution in [3.63, 3.8) is 0 Å². The lowest BCUT2D eigenvalue weighted by molar-refractivity contribution is 0.0698. The molecular formula is C13H15N3O2. The average molecular weight is 245 g/mol. The van der Waals surface area contributed by atoms with Crippen LogP contribution in [0.1, 0.15) is 21.5 Å². The zero-order valence-electron chi connectivity index (χ0n) is 10.3. The van der Waals surface area contributed by atoms with Gasteiger partial charge in [-0.15, -0.1) is 0 Å². The molecule has 2 N–H and O–H groups in total. The summed E-state index contributed by atoms with van der Waals surface area (Å²) in [5, 5.41) is 16.3. The summed E-state index contributed by atoms with van der Waals surface area (Å²) in [7, 11) is 1.85. The summed E-state index contributed by atoms with van der Waals surface area (Å²) < 4.78 is 1.71. The molecule has 1 aromatic heterocycles. The molecule has 0 saturated heterocycles. The number of rotatable bonds is 4. The Kier molecular flexibility index (Phi) is 3.32. The maximum atomic E-state index is 11.1. The van der Waals surface area contributed by atoms with Gasteiger partial charge in [-0.05, 0) is 24.6 Å². The second kappa shape index (κ2) is 4.91. The molecule has 0 aliphatic rings. The fourth-order valence-corrected chi connectivity index (χ4v) is 1.75. The van der Waals surface area contributed by atoms with Crippen LogP contribution in [0.15, 0.2) is 30.6 Å². The lowest BCUT2D eigenvalue weighted by Crippen LogP contribution is -2.06. The zero-order valence-corrected chi connectivity index (χ0v) is 10.3. The molecule has 5 nitrogen and oxygen atoms in total. The summed E-state index contributed by atoms with van der Waals surface area (Å²) in [5.41, 5.74) is 2.94. The number of anilines is 1. The Morgan fingerprint density at radius 2 is 2.28 bits per heavy atom. The highest BCUT2D eigenvalue weighted by Crippen LogP contribution is 2.18. The lowest BCUT2D eigenvalue weighted by atomic mass is 10.1. The fraction of sp³-hybridized carbons (Fsp3) is 0.231.